The first-order chi connectivity index (χ1) is 14.2. The van der Waals surface area contributed by atoms with Gasteiger partial charge in [-0.15, -0.1) is 0 Å². The summed E-state index contributed by atoms with van der Waals surface area (Å²) in [7, 11) is 0. The molecule has 1 atom stereocenters. The molecule has 0 bridgehead atoms. The second-order valence-corrected chi connectivity index (χ2v) is 7.54. The number of nitrogens with zero attached hydrogens (tertiary/aromatic N) is 1. The molecule has 0 spiro atoms. The lowest BCUT2D eigenvalue weighted by Gasteiger charge is -2.31. The van der Waals surface area contributed by atoms with Crippen LogP contribution < -0.4 is 14.8 Å². The van der Waals surface area contributed by atoms with E-state index in [-0.39, 0.29) is 11.8 Å². The number of nitrogens with one attached hydrogen (secondary N) is 1. The van der Waals surface area contributed by atoms with Crippen LogP contribution in [0.4, 0.5) is 0 Å². The first-order valence-corrected chi connectivity index (χ1v) is 10.3. The van der Waals surface area contributed by atoms with Gasteiger partial charge in [0.25, 0.3) is 0 Å². The van der Waals surface area contributed by atoms with Gasteiger partial charge >= 0.3 is 0 Å². The summed E-state index contributed by atoms with van der Waals surface area (Å²) in [5.74, 6) is 1.16. The number of rotatable bonds is 6. The van der Waals surface area contributed by atoms with Gasteiger partial charge < -0.3 is 24.4 Å². The third-order valence-corrected chi connectivity index (χ3v) is 5.44. The van der Waals surface area contributed by atoms with E-state index in [9.17, 15) is 4.79 Å². The number of hydrogen-bond donors (Lipinski definition) is 1. The zero-order chi connectivity index (χ0) is 20.1. The molecule has 7 heteroatoms. The smallest absolute Gasteiger partial charge is 0.231 e. The predicted molar refractivity (Wildman–Crippen MR) is 111 cm³/mol. The zero-order valence-corrected chi connectivity index (χ0v) is 17.0. The van der Waals surface area contributed by atoms with Crippen molar-refractivity contribution in [2.75, 3.05) is 46.1 Å². The number of ether oxygens (including phenoxy) is 3. The fourth-order valence-corrected chi connectivity index (χ4v) is 3.95. The minimum atomic E-state index is -0.248. The molecule has 1 N–H and O–H groups in total. The molecule has 1 fully saturated rings. The summed E-state index contributed by atoms with van der Waals surface area (Å²) in [5.41, 5.74) is 2.00. The molecule has 2 heterocycles. The molecule has 2 aliphatic heterocycles. The lowest BCUT2D eigenvalue weighted by molar-refractivity contribution is -0.136. The standard InChI is InChI=1S/C22H25ClN2O4/c23-19-12-16(13-20-21(19)29-11-10-28-20)14-24-15-18(17-4-2-1-3-5-17)22(26)25-6-8-27-9-7-25/h1-5,12-13,18,24H,6-11,14-15H2. The molecule has 2 aromatic rings. The Morgan fingerprint density at radius 1 is 1.07 bits per heavy atom. The molecule has 0 radical (unpaired) electrons. The second-order valence-electron chi connectivity index (χ2n) is 7.13. The number of fused-ring (bicyclic) bond motifs is 1. The van der Waals surface area contributed by atoms with Crippen LogP contribution in [0, 0.1) is 0 Å². The molecule has 154 valence electrons. The Hall–Kier alpha value is -2.28. The fourth-order valence-electron chi connectivity index (χ4n) is 3.66. The largest absolute Gasteiger partial charge is 0.486 e. The average molecular weight is 417 g/mol. The summed E-state index contributed by atoms with van der Waals surface area (Å²) in [4.78, 5) is 15.1. The van der Waals surface area contributed by atoms with Crippen molar-refractivity contribution in [2.45, 2.75) is 12.5 Å². The quantitative estimate of drug-likeness (QED) is 0.784. The van der Waals surface area contributed by atoms with Gasteiger partial charge in [0.1, 0.15) is 13.2 Å². The Morgan fingerprint density at radius 3 is 2.62 bits per heavy atom. The van der Waals surface area contributed by atoms with E-state index in [1.165, 1.54) is 0 Å². The molecule has 1 saturated heterocycles. The van der Waals surface area contributed by atoms with Gasteiger partial charge in [-0.05, 0) is 23.3 Å². The number of amides is 1. The molecule has 1 amide bonds. The maximum atomic E-state index is 13.2. The summed E-state index contributed by atoms with van der Waals surface area (Å²) < 4.78 is 16.6. The van der Waals surface area contributed by atoms with Gasteiger partial charge in [-0.3, -0.25) is 4.79 Å². The van der Waals surface area contributed by atoms with E-state index in [1.807, 2.05) is 47.4 Å². The lowest BCUT2D eigenvalue weighted by atomic mass is 9.97. The number of benzene rings is 2. The van der Waals surface area contributed by atoms with Crippen LogP contribution in [0.2, 0.25) is 5.02 Å². The Labute approximate surface area is 175 Å². The molecule has 1 unspecified atom stereocenters. The summed E-state index contributed by atoms with van der Waals surface area (Å²) in [6, 6.07) is 13.7. The highest BCUT2D eigenvalue weighted by molar-refractivity contribution is 6.32. The Morgan fingerprint density at radius 2 is 1.83 bits per heavy atom. The van der Waals surface area contributed by atoms with Crippen LogP contribution in [0.3, 0.4) is 0 Å². The molecular weight excluding hydrogens is 392 g/mol. The van der Waals surface area contributed by atoms with Gasteiger partial charge in [-0.1, -0.05) is 41.9 Å². The first-order valence-electron chi connectivity index (χ1n) is 9.92. The van der Waals surface area contributed by atoms with Crippen molar-refractivity contribution in [1.29, 1.82) is 0 Å². The van der Waals surface area contributed by atoms with Crippen molar-refractivity contribution >= 4 is 17.5 Å². The summed E-state index contributed by atoms with van der Waals surface area (Å²) >= 11 is 6.33. The maximum absolute atomic E-state index is 13.2. The zero-order valence-electron chi connectivity index (χ0n) is 16.2. The first kappa shape index (κ1) is 20.0. The van der Waals surface area contributed by atoms with Crippen LogP contribution in [0.15, 0.2) is 42.5 Å². The Kier molecular flexibility index (Phi) is 6.54. The van der Waals surface area contributed by atoms with Crippen LogP contribution in [-0.4, -0.2) is 56.9 Å². The molecule has 2 aromatic carbocycles. The summed E-state index contributed by atoms with van der Waals surface area (Å²) in [6.45, 7) is 4.60. The molecule has 0 saturated carbocycles. The predicted octanol–water partition coefficient (Wildman–Crippen LogP) is 2.84. The van der Waals surface area contributed by atoms with Crippen LogP contribution >= 0.6 is 11.6 Å². The number of hydrogen-bond acceptors (Lipinski definition) is 5. The minimum absolute atomic E-state index is 0.132. The van der Waals surface area contributed by atoms with Crippen molar-refractivity contribution in [3.8, 4) is 11.5 Å². The number of carbonyl (C=O) groups is 1. The van der Waals surface area contributed by atoms with Crippen molar-refractivity contribution in [3.63, 3.8) is 0 Å². The Bertz CT molecular complexity index is 840. The van der Waals surface area contributed by atoms with E-state index in [4.69, 9.17) is 25.8 Å². The van der Waals surface area contributed by atoms with E-state index in [2.05, 4.69) is 5.32 Å². The van der Waals surface area contributed by atoms with E-state index >= 15 is 0 Å². The van der Waals surface area contributed by atoms with Gasteiger partial charge in [0.05, 0.1) is 24.2 Å². The number of carbonyl (C=O) groups excluding carboxylic acids is 1. The molecular formula is C22H25ClN2O4. The van der Waals surface area contributed by atoms with Gasteiger partial charge in [-0.25, -0.2) is 0 Å². The van der Waals surface area contributed by atoms with Crippen LogP contribution in [0.25, 0.3) is 0 Å². The topological polar surface area (TPSA) is 60.0 Å². The van der Waals surface area contributed by atoms with Crippen LogP contribution in [-0.2, 0) is 16.1 Å². The normalized spacial score (nSPS) is 17.1. The number of morpholine rings is 1. The van der Waals surface area contributed by atoms with Gasteiger partial charge in [0.2, 0.25) is 5.91 Å². The monoisotopic (exact) mass is 416 g/mol. The minimum Gasteiger partial charge on any atom is -0.486 e. The SMILES string of the molecule is O=C(C(CNCc1cc(Cl)c2c(c1)OCCO2)c1ccccc1)N1CCOCC1. The van der Waals surface area contributed by atoms with E-state index in [0.29, 0.717) is 69.1 Å². The molecule has 4 rings (SSSR count). The van der Waals surface area contributed by atoms with Crippen LogP contribution in [0.5, 0.6) is 11.5 Å². The van der Waals surface area contributed by atoms with E-state index < -0.39 is 0 Å². The maximum Gasteiger partial charge on any atom is 0.231 e. The fraction of sp³-hybridized carbons (Fsp3) is 0.409. The highest BCUT2D eigenvalue weighted by atomic mass is 35.5. The van der Waals surface area contributed by atoms with Crippen molar-refractivity contribution in [1.82, 2.24) is 10.2 Å². The molecule has 0 aromatic heterocycles. The third kappa shape index (κ3) is 4.83. The molecule has 29 heavy (non-hydrogen) atoms. The van der Waals surface area contributed by atoms with Gasteiger partial charge in [-0.2, -0.15) is 0 Å². The summed E-state index contributed by atoms with van der Waals surface area (Å²) in [5, 5.41) is 3.96. The lowest BCUT2D eigenvalue weighted by Crippen LogP contribution is -2.45. The summed E-state index contributed by atoms with van der Waals surface area (Å²) in [6.07, 6.45) is 0. The highest BCUT2D eigenvalue weighted by Crippen LogP contribution is 2.38. The van der Waals surface area contributed by atoms with Crippen molar-refractivity contribution in [3.05, 3.63) is 58.6 Å². The van der Waals surface area contributed by atoms with Crippen LogP contribution in [0.1, 0.15) is 17.0 Å². The molecule has 2 aliphatic rings. The second kappa shape index (κ2) is 9.48. The van der Waals surface area contributed by atoms with Crippen molar-refractivity contribution < 1.29 is 19.0 Å². The van der Waals surface area contributed by atoms with E-state index in [0.717, 1.165) is 11.1 Å². The third-order valence-electron chi connectivity index (χ3n) is 5.16. The highest BCUT2D eigenvalue weighted by Gasteiger charge is 2.27. The molecule has 6 nitrogen and oxygen atoms in total. The van der Waals surface area contributed by atoms with Gasteiger partial charge in [0.15, 0.2) is 11.5 Å². The van der Waals surface area contributed by atoms with Gasteiger partial charge in [0, 0.05) is 26.2 Å². The number of halogens is 1. The molecule has 0 aliphatic carbocycles. The Balaban J connectivity index is 1.44. The van der Waals surface area contributed by atoms with Crippen molar-refractivity contribution in [2.24, 2.45) is 0 Å². The van der Waals surface area contributed by atoms with E-state index in [1.54, 1.807) is 0 Å². The average Bonchev–Trinajstić information content (AvgIpc) is 2.77.